The maximum Gasteiger partial charge on any atom is 0.279 e. The van der Waals surface area contributed by atoms with E-state index in [4.69, 9.17) is 11.6 Å². The van der Waals surface area contributed by atoms with E-state index in [1.807, 2.05) is 0 Å². The number of H-pyrrole nitrogens is 1. The number of nitrogens with one attached hydrogen (secondary N) is 2. The van der Waals surface area contributed by atoms with Crippen molar-refractivity contribution in [2.45, 2.75) is 0 Å². The number of rotatable bonds is 2. The lowest BCUT2D eigenvalue weighted by molar-refractivity contribution is 0.102. The second kappa shape index (κ2) is 3.96. The van der Waals surface area contributed by atoms with Crippen LogP contribution in [0.25, 0.3) is 0 Å². The molecule has 0 fully saturated rings. The van der Waals surface area contributed by atoms with Crippen molar-refractivity contribution >= 4 is 23.5 Å². The number of hydrogen-bond acceptors (Lipinski definition) is 6. The fourth-order valence-electron chi connectivity index (χ4n) is 0.852. The number of carbonyl (C=O) groups is 1. The Bertz CT molecular complexity index is 470. The first-order chi connectivity index (χ1) is 7.27. The number of halogens is 1. The maximum atomic E-state index is 11.5. The summed E-state index contributed by atoms with van der Waals surface area (Å²) < 4.78 is 0. The smallest absolute Gasteiger partial charge is 0.279 e. The molecule has 8 nitrogen and oxygen atoms in total. The molecular formula is C6H4ClN7O. The third-order valence-corrected chi connectivity index (χ3v) is 1.72. The van der Waals surface area contributed by atoms with Gasteiger partial charge in [0.15, 0.2) is 10.8 Å². The predicted molar refractivity (Wildman–Crippen MR) is 49.2 cm³/mol. The Morgan fingerprint density at radius 1 is 1.40 bits per heavy atom. The third-order valence-electron chi connectivity index (χ3n) is 1.45. The molecule has 0 aromatic carbocycles. The molecule has 0 saturated heterocycles. The maximum absolute atomic E-state index is 11.5. The van der Waals surface area contributed by atoms with Gasteiger partial charge in [0.05, 0.1) is 0 Å². The van der Waals surface area contributed by atoms with Gasteiger partial charge in [-0.2, -0.15) is 0 Å². The molecular weight excluding hydrogens is 222 g/mol. The number of carbonyl (C=O) groups excluding carboxylic acids is 1. The average molecular weight is 226 g/mol. The molecule has 2 N–H and O–H groups in total. The number of nitrogens with zero attached hydrogens (tertiary/aromatic N) is 5. The number of aromatic nitrogens is 6. The third kappa shape index (κ3) is 2.05. The van der Waals surface area contributed by atoms with E-state index in [1.54, 1.807) is 0 Å². The minimum absolute atomic E-state index is 0.00978. The van der Waals surface area contributed by atoms with Crippen molar-refractivity contribution in [3.05, 3.63) is 23.2 Å². The van der Waals surface area contributed by atoms with Gasteiger partial charge in [0.2, 0.25) is 5.95 Å². The van der Waals surface area contributed by atoms with Crippen LogP contribution in [0.15, 0.2) is 12.4 Å². The Morgan fingerprint density at radius 3 is 2.87 bits per heavy atom. The minimum atomic E-state index is -0.536. The van der Waals surface area contributed by atoms with Gasteiger partial charge in [-0.1, -0.05) is 16.7 Å². The standard InChI is InChI=1S/C6H4ClN7O/c7-4-3(8-1-2-9-4)5(15)10-6-11-13-14-12-6/h1-2H,(H2,10,11,12,13,14,15). The average Bonchev–Trinajstić information content (AvgIpc) is 2.71. The fourth-order valence-corrected chi connectivity index (χ4v) is 1.04. The van der Waals surface area contributed by atoms with Gasteiger partial charge in [0, 0.05) is 12.4 Å². The quantitative estimate of drug-likeness (QED) is 0.738. The van der Waals surface area contributed by atoms with Gasteiger partial charge < -0.3 is 0 Å². The Kier molecular flexibility index (Phi) is 2.50. The molecule has 0 spiro atoms. The molecule has 0 aliphatic carbocycles. The lowest BCUT2D eigenvalue weighted by Gasteiger charge is -2.00. The van der Waals surface area contributed by atoms with Crippen LogP contribution in [0.2, 0.25) is 5.15 Å². The molecule has 0 saturated carbocycles. The second-order valence-corrected chi connectivity index (χ2v) is 2.76. The van der Waals surface area contributed by atoms with Crippen molar-refractivity contribution in [1.82, 2.24) is 30.6 Å². The van der Waals surface area contributed by atoms with Crippen molar-refractivity contribution in [3.63, 3.8) is 0 Å². The molecule has 0 radical (unpaired) electrons. The monoisotopic (exact) mass is 225 g/mol. The van der Waals surface area contributed by atoms with Crippen LogP contribution in [-0.2, 0) is 0 Å². The van der Waals surface area contributed by atoms with Gasteiger partial charge in [-0.3, -0.25) is 10.1 Å². The van der Waals surface area contributed by atoms with E-state index in [-0.39, 0.29) is 16.8 Å². The number of anilines is 1. The molecule has 0 atom stereocenters. The van der Waals surface area contributed by atoms with Crippen molar-refractivity contribution < 1.29 is 4.79 Å². The van der Waals surface area contributed by atoms with Gasteiger partial charge in [-0.15, -0.1) is 0 Å². The van der Waals surface area contributed by atoms with Crippen molar-refractivity contribution in [3.8, 4) is 0 Å². The van der Waals surface area contributed by atoms with Crippen LogP contribution in [0.5, 0.6) is 0 Å². The van der Waals surface area contributed by atoms with E-state index in [2.05, 4.69) is 35.9 Å². The van der Waals surface area contributed by atoms with Gasteiger partial charge in [0.1, 0.15) is 0 Å². The summed E-state index contributed by atoms with van der Waals surface area (Å²) in [6, 6.07) is 0. The SMILES string of the molecule is O=C(Nc1nnn[nH]1)c1nccnc1Cl. The van der Waals surface area contributed by atoms with E-state index < -0.39 is 5.91 Å². The Hall–Kier alpha value is -2.09. The summed E-state index contributed by atoms with van der Waals surface area (Å²) in [6.45, 7) is 0. The van der Waals surface area contributed by atoms with Crippen LogP contribution in [0.1, 0.15) is 10.5 Å². The molecule has 15 heavy (non-hydrogen) atoms. The van der Waals surface area contributed by atoms with Crippen molar-refractivity contribution in [2.75, 3.05) is 5.32 Å². The van der Waals surface area contributed by atoms with E-state index in [1.165, 1.54) is 12.4 Å². The van der Waals surface area contributed by atoms with Gasteiger partial charge in [0.25, 0.3) is 5.91 Å². The number of hydrogen-bond donors (Lipinski definition) is 2. The topological polar surface area (TPSA) is 109 Å². The first kappa shape index (κ1) is 9.46. The molecule has 0 unspecified atom stereocenters. The normalized spacial score (nSPS) is 9.93. The lowest BCUT2D eigenvalue weighted by atomic mass is 10.4. The van der Waals surface area contributed by atoms with E-state index >= 15 is 0 Å². The summed E-state index contributed by atoms with van der Waals surface area (Å²) in [5.41, 5.74) is 0.00978. The molecule has 9 heteroatoms. The first-order valence-electron chi connectivity index (χ1n) is 3.79. The Labute approximate surface area is 88.1 Å². The van der Waals surface area contributed by atoms with Gasteiger partial charge in [-0.05, 0) is 10.4 Å². The van der Waals surface area contributed by atoms with Crippen LogP contribution in [0.4, 0.5) is 5.95 Å². The molecule has 76 valence electrons. The summed E-state index contributed by atoms with van der Waals surface area (Å²) in [5.74, 6) is -0.423. The Balaban J connectivity index is 2.19. The first-order valence-corrected chi connectivity index (χ1v) is 4.17. The number of amides is 1. The number of aromatic amines is 1. The summed E-state index contributed by atoms with van der Waals surface area (Å²) in [6.07, 6.45) is 2.74. The predicted octanol–water partition coefficient (Wildman–Crippen LogP) is -0.105. The van der Waals surface area contributed by atoms with E-state index in [0.29, 0.717) is 0 Å². The van der Waals surface area contributed by atoms with Crippen LogP contribution in [0.3, 0.4) is 0 Å². The molecule has 2 aromatic rings. The van der Waals surface area contributed by atoms with Gasteiger partial charge in [-0.25, -0.2) is 15.1 Å². The van der Waals surface area contributed by atoms with Crippen molar-refractivity contribution in [1.29, 1.82) is 0 Å². The summed E-state index contributed by atoms with van der Waals surface area (Å²) in [5, 5.41) is 14.8. The lowest BCUT2D eigenvalue weighted by Crippen LogP contribution is -2.15. The number of tetrazole rings is 1. The Morgan fingerprint density at radius 2 is 2.20 bits per heavy atom. The minimum Gasteiger partial charge on any atom is -0.288 e. The van der Waals surface area contributed by atoms with Gasteiger partial charge >= 0.3 is 0 Å². The van der Waals surface area contributed by atoms with Crippen LogP contribution in [-0.4, -0.2) is 36.5 Å². The highest BCUT2D eigenvalue weighted by atomic mass is 35.5. The fraction of sp³-hybridized carbons (Fsp3) is 0. The summed E-state index contributed by atoms with van der Waals surface area (Å²) in [7, 11) is 0. The molecule has 1 amide bonds. The van der Waals surface area contributed by atoms with Crippen LogP contribution in [0, 0.1) is 0 Å². The molecule has 0 bridgehead atoms. The highest BCUT2D eigenvalue weighted by molar-refractivity contribution is 6.32. The van der Waals surface area contributed by atoms with Crippen molar-refractivity contribution in [2.24, 2.45) is 0 Å². The second-order valence-electron chi connectivity index (χ2n) is 2.40. The summed E-state index contributed by atoms with van der Waals surface area (Å²) in [4.78, 5) is 19.0. The zero-order valence-corrected chi connectivity index (χ0v) is 7.93. The zero-order chi connectivity index (χ0) is 10.7. The largest absolute Gasteiger partial charge is 0.288 e. The highest BCUT2D eigenvalue weighted by Crippen LogP contribution is 2.09. The van der Waals surface area contributed by atoms with E-state index in [9.17, 15) is 4.79 Å². The molecule has 0 aliphatic heterocycles. The van der Waals surface area contributed by atoms with Crippen LogP contribution < -0.4 is 5.32 Å². The van der Waals surface area contributed by atoms with E-state index in [0.717, 1.165) is 0 Å². The van der Waals surface area contributed by atoms with Crippen LogP contribution >= 0.6 is 11.6 Å². The molecule has 2 rings (SSSR count). The molecule has 2 heterocycles. The molecule has 2 aromatic heterocycles. The summed E-state index contributed by atoms with van der Waals surface area (Å²) >= 11 is 5.66. The molecule has 0 aliphatic rings. The zero-order valence-electron chi connectivity index (χ0n) is 7.18. The highest BCUT2D eigenvalue weighted by Gasteiger charge is 2.13.